The van der Waals surface area contributed by atoms with Gasteiger partial charge in [0.2, 0.25) is 5.91 Å². The molecule has 0 unspecified atom stereocenters. The molecule has 0 bridgehead atoms. The molecule has 1 N–H and O–H groups in total. The summed E-state index contributed by atoms with van der Waals surface area (Å²) < 4.78 is 25.0. The first-order chi connectivity index (χ1) is 18.9. The lowest BCUT2D eigenvalue weighted by atomic mass is 9.95. The fourth-order valence-corrected chi connectivity index (χ4v) is 4.83. The van der Waals surface area contributed by atoms with Crippen molar-refractivity contribution in [1.82, 2.24) is 9.88 Å². The largest absolute Gasteiger partial charge is 0.494 e. The highest BCUT2D eigenvalue weighted by Crippen LogP contribution is 2.29. The van der Waals surface area contributed by atoms with E-state index in [9.17, 15) is 19.1 Å². The smallest absolute Gasteiger partial charge is 0.305 e. The summed E-state index contributed by atoms with van der Waals surface area (Å²) >= 11 is 0. The van der Waals surface area contributed by atoms with E-state index in [1.165, 1.54) is 48.2 Å². The number of nitrogens with zero attached hydrogens (tertiary/aromatic N) is 5. The summed E-state index contributed by atoms with van der Waals surface area (Å²) in [6, 6.07) is 7.53. The van der Waals surface area contributed by atoms with Gasteiger partial charge in [-0.25, -0.2) is 4.39 Å². The number of benzene rings is 1. The van der Waals surface area contributed by atoms with Crippen LogP contribution in [-0.2, 0) is 33.6 Å². The minimum Gasteiger partial charge on any atom is -0.494 e. The van der Waals surface area contributed by atoms with Crippen molar-refractivity contribution in [3.05, 3.63) is 69.1 Å². The summed E-state index contributed by atoms with van der Waals surface area (Å²) in [7, 11) is 1.34. The van der Waals surface area contributed by atoms with E-state index in [0.29, 0.717) is 12.0 Å². The van der Waals surface area contributed by atoms with Gasteiger partial charge in [-0.1, -0.05) is 17.2 Å². The van der Waals surface area contributed by atoms with Crippen LogP contribution in [0.2, 0.25) is 0 Å². The second kappa shape index (κ2) is 15.7. The molecule has 1 aliphatic rings. The number of aromatic nitrogens is 1. The molecule has 2 aromatic rings. The Morgan fingerprint density at radius 1 is 1.21 bits per heavy atom. The molecule has 0 aliphatic heterocycles. The number of halogens is 1. The van der Waals surface area contributed by atoms with E-state index in [4.69, 9.17) is 20.0 Å². The molecule has 3 rings (SSSR count). The van der Waals surface area contributed by atoms with E-state index >= 15 is 0 Å². The van der Waals surface area contributed by atoms with E-state index in [2.05, 4.69) is 22.2 Å². The van der Waals surface area contributed by atoms with Crippen LogP contribution in [0.5, 0.6) is 5.75 Å². The molecule has 1 amide bonds. The predicted octanol–water partition coefficient (Wildman–Crippen LogP) is 5.19. The Hall–Kier alpha value is -3.69. The van der Waals surface area contributed by atoms with Crippen LogP contribution in [0.15, 0.2) is 35.4 Å². The molecule has 11 heteroatoms. The van der Waals surface area contributed by atoms with Crippen LogP contribution in [0.4, 0.5) is 4.39 Å². The zero-order valence-electron chi connectivity index (χ0n) is 22.4. The molecule has 210 valence electrons. The number of pyridine rings is 1. The van der Waals surface area contributed by atoms with E-state index < -0.39 is 24.2 Å². The van der Waals surface area contributed by atoms with Gasteiger partial charge in [-0.05, 0) is 79.8 Å². The number of carbonyl (C=O) groups excluding carboxylic acids is 1. The average molecular weight is 542 g/mol. The molecule has 10 nitrogen and oxygen atoms in total. The van der Waals surface area contributed by atoms with Gasteiger partial charge in [-0.3, -0.25) is 14.6 Å². The van der Waals surface area contributed by atoms with Crippen molar-refractivity contribution in [2.75, 3.05) is 33.4 Å². The van der Waals surface area contributed by atoms with Crippen LogP contribution < -0.4 is 4.74 Å². The number of rotatable bonds is 16. The highest BCUT2D eigenvalue weighted by Gasteiger charge is 2.28. The number of hydrogen-bond donors (Lipinski definition) is 1. The number of carbonyl (C=O) groups is 2. The Morgan fingerprint density at radius 2 is 2.03 bits per heavy atom. The van der Waals surface area contributed by atoms with Gasteiger partial charge in [0.15, 0.2) is 11.6 Å². The van der Waals surface area contributed by atoms with Crippen LogP contribution in [0.3, 0.4) is 0 Å². The Balaban J connectivity index is 1.67. The second-order valence-electron chi connectivity index (χ2n) is 9.48. The van der Waals surface area contributed by atoms with Crippen LogP contribution in [0, 0.1) is 5.82 Å². The van der Waals surface area contributed by atoms with Crippen molar-refractivity contribution in [2.45, 2.75) is 63.8 Å². The molecule has 0 saturated carbocycles. The highest BCUT2D eigenvalue weighted by molar-refractivity contribution is 5.78. The number of methoxy groups -OCH3 is 1. The van der Waals surface area contributed by atoms with Gasteiger partial charge < -0.3 is 19.5 Å². The van der Waals surface area contributed by atoms with Crippen LogP contribution in [0.25, 0.3) is 10.4 Å². The normalized spacial score (nSPS) is 13.2. The van der Waals surface area contributed by atoms with Crippen LogP contribution >= 0.6 is 0 Å². The summed E-state index contributed by atoms with van der Waals surface area (Å²) in [5, 5.41) is 13.0. The molecule has 0 radical (unpaired) electrons. The molecule has 0 fully saturated rings. The van der Waals surface area contributed by atoms with Crippen molar-refractivity contribution in [3.8, 4) is 5.75 Å². The summed E-state index contributed by atoms with van der Waals surface area (Å²) in [6.07, 6.45) is 6.39. The third-order valence-electron chi connectivity index (χ3n) is 6.81. The topological polar surface area (TPSA) is 138 Å². The third-order valence-corrected chi connectivity index (χ3v) is 6.81. The van der Waals surface area contributed by atoms with Gasteiger partial charge in [0.05, 0.1) is 32.8 Å². The van der Waals surface area contributed by atoms with Crippen LogP contribution in [-0.4, -0.2) is 60.3 Å². The van der Waals surface area contributed by atoms with Gasteiger partial charge in [0.25, 0.3) is 0 Å². The molecule has 0 saturated heterocycles. The lowest BCUT2D eigenvalue weighted by molar-refractivity contribution is -0.141. The third kappa shape index (κ3) is 9.23. The fraction of sp³-hybridized carbons (Fsp3) is 0.536. The highest BCUT2D eigenvalue weighted by atomic mass is 19.1. The number of amides is 1. The van der Waals surface area contributed by atoms with Gasteiger partial charge in [0.1, 0.15) is 0 Å². The molecule has 1 aliphatic carbocycles. The quantitative estimate of drug-likeness (QED) is 0.134. The SMILES string of the molecule is COc1ccc([C@H](CC(=O)O)N(CCOCCN=[N+]=[N-])C(=O)CCCCc2ccc3c(n2)CCCC3)cc1F. The number of aryl methyl sites for hydroxylation is 3. The summed E-state index contributed by atoms with van der Waals surface area (Å²) in [6.45, 7) is 0.525. The van der Waals surface area contributed by atoms with Gasteiger partial charge in [0, 0.05) is 35.8 Å². The molecule has 0 spiro atoms. The van der Waals surface area contributed by atoms with Crippen LogP contribution in [0.1, 0.15) is 67.1 Å². The number of carboxylic acid groups (broad SMARTS) is 1. The van der Waals surface area contributed by atoms with E-state index in [0.717, 1.165) is 31.4 Å². The molecule has 1 heterocycles. The standard InChI is InChI=1S/C28H36FN5O5/c1-38-26-13-11-21(18-23(26)29)25(19-28(36)37)34(15-17-39-16-14-31-33-30)27(35)9-5-3-7-22-12-10-20-6-2-4-8-24(20)32-22/h10-13,18,25H,2-9,14-17,19H2,1H3,(H,36,37)/t25-/m0/s1. The zero-order valence-corrected chi connectivity index (χ0v) is 22.4. The molecule has 39 heavy (non-hydrogen) atoms. The lowest BCUT2D eigenvalue weighted by Gasteiger charge is -2.32. The van der Waals surface area contributed by atoms with Crippen molar-refractivity contribution in [3.63, 3.8) is 0 Å². The average Bonchev–Trinajstić information content (AvgIpc) is 2.93. The van der Waals surface area contributed by atoms with E-state index in [1.807, 2.05) is 0 Å². The Bertz CT molecular complexity index is 1170. The number of carboxylic acids is 1. The first-order valence-electron chi connectivity index (χ1n) is 13.3. The Morgan fingerprint density at radius 3 is 2.77 bits per heavy atom. The summed E-state index contributed by atoms with van der Waals surface area (Å²) in [5.74, 6) is -1.96. The van der Waals surface area contributed by atoms with Gasteiger partial charge >= 0.3 is 5.97 Å². The predicted molar refractivity (Wildman–Crippen MR) is 143 cm³/mol. The molecular formula is C28H36FN5O5. The first-order valence-corrected chi connectivity index (χ1v) is 13.3. The number of azide groups is 1. The lowest BCUT2D eigenvalue weighted by Crippen LogP contribution is -2.38. The number of fused-ring (bicyclic) bond motifs is 1. The maximum atomic E-state index is 14.5. The molecular weight excluding hydrogens is 505 g/mol. The number of aliphatic carboxylic acids is 1. The van der Waals surface area contributed by atoms with Gasteiger partial charge in [-0.2, -0.15) is 0 Å². The second-order valence-corrected chi connectivity index (χ2v) is 9.48. The number of hydrogen-bond acceptors (Lipinski definition) is 6. The molecule has 1 aromatic heterocycles. The minimum atomic E-state index is -1.11. The van der Waals surface area contributed by atoms with E-state index in [1.54, 1.807) is 6.07 Å². The molecule has 1 aromatic carbocycles. The van der Waals surface area contributed by atoms with Crippen molar-refractivity contribution in [2.24, 2.45) is 5.11 Å². The number of unbranched alkanes of at least 4 members (excludes halogenated alkanes) is 1. The fourth-order valence-electron chi connectivity index (χ4n) is 4.83. The van der Waals surface area contributed by atoms with Crippen molar-refractivity contribution in [1.29, 1.82) is 0 Å². The Labute approximate surface area is 227 Å². The van der Waals surface area contributed by atoms with Gasteiger partial charge in [-0.15, -0.1) is 0 Å². The maximum Gasteiger partial charge on any atom is 0.305 e. The van der Waals surface area contributed by atoms with Crippen molar-refractivity contribution < 1.29 is 28.6 Å². The number of ether oxygens (including phenoxy) is 2. The zero-order chi connectivity index (χ0) is 28.0. The van der Waals surface area contributed by atoms with Crippen molar-refractivity contribution >= 4 is 11.9 Å². The van der Waals surface area contributed by atoms with E-state index in [-0.39, 0.29) is 44.4 Å². The molecule has 1 atom stereocenters. The monoisotopic (exact) mass is 541 g/mol. The first kappa shape index (κ1) is 29.9. The minimum absolute atomic E-state index is 0.0304. The maximum absolute atomic E-state index is 14.5. The summed E-state index contributed by atoms with van der Waals surface area (Å²) in [5.41, 5.74) is 12.3. The Kier molecular flexibility index (Phi) is 12.0. The summed E-state index contributed by atoms with van der Waals surface area (Å²) in [4.78, 5) is 34.1.